The van der Waals surface area contributed by atoms with Gasteiger partial charge in [0.15, 0.2) is 0 Å². The van der Waals surface area contributed by atoms with Crippen LogP contribution in [0.5, 0.6) is 0 Å². The third-order valence-corrected chi connectivity index (χ3v) is 4.03. The number of fused-ring (bicyclic) bond motifs is 1. The molecular formula is C11H18O2. The molecule has 1 N–H and O–H groups in total. The van der Waals surface area contributed by atoms with Crippen molar-refractivity contribution in [3.8, 4) is 0 Å². The van der Waals surface area contributed by atoms with Crippen LogP contribution in [0.1, 0.15) is 45.4 Å². The Morgan fingerprint density at radius 2 is 2.23 bits per heavy atom. The van der Waals surface area contributed by atoms with Gasteiger partial charge in [0.1, 0.15) is 5.78 Å². The molecule has 2 aliphatic carbocycles. The summed E-state index contributed by atoms with van der Waals surface area (Å²) < 4.78 is 0. The standard InChI is InChI=1S/C11H18O2/c1-11-5-2-3-10(13)9(11)7-8(12)4-6-11/h9-10,13H,2-7H2,1H3/t9-,10-,11+/m0/s1. The fourth-order valence-corrected chi connectivity index (χ4v) is 3.03. The summed E-state index contributed by atoms with van der Waals surface area (Å²) in [7, 11) is 0. The lowest BCUT2D eigenvalue weighted by Gasteiger charge is -2.47. The lowest BCUT2D eigenvalue weighted by atomic mass is 9.59. The summed E-state index contributed by atoms with van der Waals surface area (Å²) in [6.07, 6.45) is 5.35. The second-order valence-electron chi connectivity index (χ2n) is 4.96. The van der Waals surface area contributed by atoms with Crippen LogP contribution in [0.4, 0.5) is 0 Å². The van der Waals surface area contributed by atoms with E-state index in [1.165, 1.54) is 6.42 Å². The van der Waals surface area contributed by atoms with Crippen molar-refractivity contribution in [1.82, 2.24) is 0 Å². The maximum atomic E-state index is 11.3. The highest BCUT2D eigenvalue weighted by Crippen LogP contribution is 2.49. The fourth-order valence-electron chi connectivity index (χ4n) is 3.03. The summed E-state index contributed by atoms with van der Waals surface area (Å²) in [5.74, 6) is 0.603. The highest BCUT2D eigenvalue weighted by atomic mass is 16.3. The summed E-state index contributed by atoms with van der Waals surface area (Å²) in [6, 6.07) is 0. The van der Waals surface area contributed by atoms with Gasteiger partial charge in [0, 0.05) is 12.8 Å². The fraction of sp³-hybridized carbons (Fsp3) is 0.909. The molecule has 2 saturated carbocycles. The Bertz CT molecular complexity index is 224. The number of ketones is 1. The number of aliphatic hydroxyl groups is 1. The average molecular weight is 182 g/mol. The molecule has 2 fully saturated rings. The molecule has 2 aliphatic rings. The van der Waals surface area contributed by atoms with Crippen molar-refractivity contribution in [3.63, 3.8) is 0 Å². The largest absolute Gasteiger partial charge is 0.393 e. The maximum absolute atomic E-state index is 11.3. The van der Waals surface area contributed by atoms with Crippen molar-refractivity contribution in [2.75, 3.05) is 0 Å². The Labute approximate surface area is 79.3 Å². The van der Waals surface area contributed by atoms with Crippen LogP contribution in [0.3, 0.4) is 0 Å². The van der Waals surface area contributed by atoms with Crippen LogP contribution >= 0.6 is 0 Å². The third-order valence-electron chi connectivity index (χ3n) is 4.03. The molecule has 2 rings (SSSR count). The van der Waals surface area contributed by atoms with Gasteiger partial charge in [0.2, 0.25) is 0 Å². The SMILES string of the molecule is C[C@]12CCC[C@H](O)[C@@H]1CC(=O)CC2. The van der Waals surface area contributed by atoms with E-state index in [0.29, 0.717) is 12.2 Å². The van der Waals surface area contributed by atoms with Crippen molar-refractivity contribution in [3.05, 3.63) is 0 Å². The van der Waals surface area contributed by atoms with Gasteiger partial charge < -0.3 is 5.11 Å². The molecule has 0 aliphatic heterocycles. The van der Waals surface area contributed by atoms with Gasteiger partial charge >= 0.3 is 0 Å². The van der Waals surface area contributed by atoms with Gasteiger partial charge in [-0.2, -0.15) is 0 Å². The Balaban J connectivity index is 2.17. The number of aliphatic hydroxyl groups excluding tert-OH is 1. The molecule has 0 radical (unpaired) electrons. The van der Waals surface area contributed by atoms with E-state index in [0.717, 1.165) is 25.7 Å². The highest BCUT2D eigenvalue weighted by molar-refractivity contribution is 5.79. The minimum Gasteiger partial charge on any atom is -0.393 e. The van der Waals surface area contributed by atoms with Crippen LogP contribution < -0.4 is 0 Å². The Morgan fingerprint density at radius 1 is 1.46 bits per heavy atom. The quantitative estimate of drug-likeness (QED) is 0.621. The van der Waals surface area contributed by atoms with Crippen LogP contribution in [0.15, 0.2) is 0 Å². The smallest absolute Gasteiger partial charge is 0.133 e. The van der Waals surface area contributed by atoms with E-state index in [9.17, 15) is 9.90 Å². The molecule has 0 saturated heterocycles. The summed E-state index contributed by atoms with van der Waals surface area (Å²) in [5, 5.41) is 9.84. The zero-order chi connectivity index (χ0) is 9.47. The van der Waals surface area contributed by atoms with E-state index in [1.807, 2.05) is 0 Å². The lowest BCUT2D eigenvalue weighted by Crippen LogP contribution is -2.44. The van der Waals surface area contributed by atoms with Gasteiger partial charge in [0.25, 0.3) is 0 Å². The maximum Gasteiger partial charge on any atom is 0.133 e. The van der Waals surface area contributed by atoms with Crippen LogP contribution in [0.2, 0.25) is 0 Å². The number of hydrogen-bond donors (Lipinski definition) is 1. The van der Waals surface area contributed by atoms with Gasteiger partial charge in [-0.1, -0.05) is 13.3 Å². The number of hydrogen-bond acceptors (Lipinski definition) is 2. The van der Waals surface area contributed by atoms with Crippen molar-refractivity contribution in [2.45, 2.75) is 51.6 Å². The molecule has 2 heteroatoms. The van der Waals surface area contributed by atoms with Crippen molar-refractivity contribution < 1.29 is 9.90 Å². The van der Waals surface area contributed by atoms with Gasteiger partial charge in [-0.3, -0.25) is 4.79 Å². The topological polar surface area (TPSA) is 37.3 Å². The monoisotopic (exact) mass is 182 g/mol. The predicted molar refractivity (Wildman–Crippen MR) is 50.3 cm³/mol. The predicted octanol–water partition coefficient (Wildman–Crippen LogP) is 1.91. The summed E-state index contributed by atoms with van der Waals surface area (Å²) in [5.41, 5.74) is 0.256. The molecule has 3 atom stereocenters. The molecule has 0 aromatic heterocycles. The Kier molecular flexibility index (Phi) is 2.18. The first kappa shape index (κ1) is 9.20. The molecule has 74 valence electrons. The molecule has 0 unspecified atom stereocenters. The van der Waals surface area contributed by atoms with Crippen molar-refractivity contribution in [1.29, 1.82) is 0 Å². The van der Waals surface area contributed by atoms with Crippen LogP contribution in [-0.4, -0.2) is 17.0 Å². The first-order valence-corrected chi connectivity index (χ1v) is 5.32. The molecule has 2 nitrogen and oxygen atoms in total. The number of carbonyl (C=O) groups excluding carboxylic acids is 1. The Morgan fingerprint density at radius 3 is 3.00 bits per heavy atom. The average Bonchev–Trinajstić information content (AvgIpc) is 2.08. The van der Waals surface area contributed by atoms with Crippen molar-refractivity contribution >= 4 is 5.78 Å². The lowest BCUT2D eigenvalue weighted by molar-refractivity contribution is -0.131. The van der Waals surface area contributed by atoms with E-state index < -0.39 is 0 Å². The molecule has 0 aromatic carbocycles. The minimum atomic E-state index is -0.219. The van der Waals surface area contributed by atoms with Crippen LogP contribution in [-0.2, 0) is 4.79 Å². The third kappa shape index (κ3) is 1.52. The summed E-state index contributed by atoms with van der Waals surface area (Å²) in [4.78, 5) is 11.3. The van der Waals surface area contributed by atoms with E-state index in [1.54, 1.807) is 0 Å². The second kappa shape index (κ2) is 3.09. The number of carbonyl (C=O) groups is 1. The Hall–Kier alpha value is -0.370. The molecule has 0 spiro atoms. The molecule has 0 bridgehead atoms. The van der Waals surface area contributed by atoms with Gasteiger partial charge in [-0.15, -0.1) is 0 Å². The van der Waals surface area contributed by atoms with E-state index in [2.05, 4.69) is 6.92 Å². The van der Waals surface area contributed by atoms with Crippen LogP contribution in [0.25, 0.3) is 0 Å². The van der Waals surface area contributed by atoms with Gasteiger partial charge in [0.05, 0.1) is 6.10 Å². The highest BCUT2D eigenvalue weighted by Gasteiger charge is 2.44. The van der Waals surface area contributed by atoms with Gasteiger partial charge in [-0.05, 0) is 30.6 Å². The van der Waals surface area contributed by atoms with Crippen LogP contribution in [0, 0.1) is 11.3 Å². The van der Waals surface area contributed by atoms with E-state index >= 15 is 0 Å². The summed E-state index contributed by atoms with van der Waals surface area (Å²) in [6.45, 7) is 2.24. The molecule has 0 aromatic rings. The number of Topliss-reactive ketones (excluding diaryl/α,β-unsaturated/α-hetero) is 1. The first-order chi connectivity index (χ1) is 6.12. The molecular weight excluding hydrogens is 164 g/mol. The normalized spacial score (nSPS) is 45.8. The molecule has 13 heavy (non-hydrogen) atoms. The molecule has 0 amide bonds. The van der Waals surface area contributed by atoms with E-state index in [-0.39, 0.29) is 17.4 Å². The number of rotatable bonds is 0. The zero-order valence-electron chi connectivity index (χ0n) is 8.25. The first-order valence-electron chi connectivity index (χ1n) is 5.32. The summed E-state index contributed by atoms with van der Waals surface area (Å²) >= 11 is 0. The second-order valence-corrected chi connectivity index (χ2v) is 4.96. The van der Waals surface area contributed by atoms with Gasteiger partial charge in [-0.25, -0.2) is 0 Å². The molecule has 0 heterocycles. The minimum absolute atomic E-state index is 0.219. The zero-order valence-corrected chi connectivity index (χ0v) is 8.25. The van der Waals surface area contributed by atoms with E-state index in [4.69, 9.17) is 0 Å². The van der Waals surface area contributed by atoms with Crippen molar-refractivity contribution in [2.24, 2.45) is 11.3 Å².